The number of anilines is 1. The number of rotatable bonds is 4. The van der Waals surface area contributed by atoms with E-state index in [0.717, 1.165) is 5.56 Å². The van der Waals surface area contributed by atoms with Crippen molar-refractivity contribution in [2.45, 2.75) is 32.7 Å². The average molecular weight is 233 g/mol. The van der Waals surface area contributed by atoms with Crippen LogP contribution in [0.2, 0.25) is 0 Å². The molecule has 1 amide bonds. The highest BCUT2D eigenvalue weighted by Crippen LogP contribution is 2.32. The largest absolute Gasteiger partial charge is 0.349 e. The predicted octanol–water partition coefficient (Wildman–Crippen LogP) is 1.81. The number of carbonyl (C=O) groups excluding carboxylic acids is 1. The SMILES string of the molecule is Cc1ccc(NN)c(C(=O)NC(C)C2CC2)c1. The standard InChI is InChI=1S/C13H19N3O/c1-8-3-6-12(16-14)11(7-8)13(17)15-9(2)10-4-5-10/h3,6-7,9-10,16H,4-5,14H2,1-2H3,(H,15,17). The molecule has 17 heavy (non-hydrogen) atoms. The maximum Gasteiger partial charge on any atom is 0.253 e. The van der Waals surface area contributed by atoms with Crippen LogP contribution in [-0.4, -0.2) is 11.9 Å². The highest BCUT2D eigenvalue weighted by atomic mass is 16.1. The van der Waals surface area contributed by atoms with E-state index < -0.39 is 0 Å². The molecule has 0 aliphatic heterocycles. The summed E-state index contributed by atoms with van der Waals surface area (Å²) < 4.78 is 0. The zero-order chi connectivity index (χ0) is 12.4. The van der Waals surface area contributed by atoms with Crippen LogP contribution >= 0.6 is 0 Å². The number of carbonyl (C=O) groups is 1. The molecule has 1 fully saturated rings. The molecule has 1 unspecified atom stereocenters. The zero-order valence-corrected chi connectivity index (χ0v) is 10.3. The van der Waals surface area contributed by atoms with Crippen LogP contribution < -0.4 is 16.6 Å². The van der Waals surface area contributed by atoms with Crippen LogP contribution in [0.5, 0.6) is 0 Å². The van der Waals surface area contributed by atoms with Crippen LogP contribution in [0.25, 0.3) is 0 Å². The first-order valence-electron chi connectivity index (χ1n) is 6.00. The summed E-state index contributed by atoms with van der Waals surface area (Å²) >= 11 is 0. The molecule has 0 heterocycles. The number of aryl methyl sites for hydroxylation is 1. The van der Waals surface area contributed by atoms with Crippen LogP contribution in [0, 0.1) is 12.8 Å². The minimum Gasteiger partial charge on any atom is -0.349 e. The summed E-state index contributed by atoms with van der Waals surface area (Å²) in [6.07, 6.45) is 2.44. The van der Waals surface area contributed by atoms with Crippen molar-refractivity contribution >= 4 is 11.6 Å². The van der Waals surface area contributed by atoms with Crippen molar-refractivity contribution in [2.75, 3.05) is 5.43 Å². The first-order chi connectivity index (χ1) is 8.11. The van der Waals surface area contributed by atoms with Gasteiger partial charge in [0.05, 0.1) is 11.3 Å². The average Bonchev–Trinajstić information content (AvgIpc) is 3.12. The van der Waals surface area contributed by atoms with E-state index in [1.165, 1.54) is 12.8 Å². The molecule has 0 aromatic heterocycles. The molecule has 0 radical (unpaired) electrons. The third kappa shape index (κ3) is 2.77. The van der Waals surface area contributed by atoms with Crippen molar-refractivity contribution in [3.05, 3.63) is 29.3 Å². The zero-order valence-electron chi connectivity index (χ0n) is 10.3. The maximum absolute atomic E-state index is 12.1. The van der Waals surface area contributed by atoms with E-state index >= 15 is 0 Å². The number of amides is 1. The second kappa shape index (κ2) is 4.75. The van der Waals surface area contributed by atoms with Crippen LogP contribution in [-0.2, 0) is 0 Å². The molecule has 1 aromatic carbocycles. The van der Waals surface area contributed by atoms with Gasteiger partial charge >= 0.3 is 0 Å². The number of hydrogen-bond donors (Lipinski definition) is 3. The Hall–Kier alpha value is -1.55. The Balaban J connectivity index is 2.14. The lowest BCUT2D eigenvalue weighted by Gasteiger charge is -2.15. The van der Waals surface area contributed by atoms with Gasteiger partial charge in [0.15, 0.2) is 0 Å². The summed E-state index contributed by atoms with van der Waals surface area (Å²) in [5, 5.41) is 3.03. The molecule has 1 aromatic rings. The minimum absolute atomic E-state index is 0.0546. The van der Waals surface area contributed by atoms with E-state index in [-0.39, 0.29) is 11.9 Å². The molecule has 1 atom stereocenters. The van der Waals surface area contributed by atoms with E-state index in [0.29, 0.717) is 17.2 Å². The van der Waals surface area contributed by atoms with E-state index in [9.17, 15) is 4.79 Å². The quantitative estimate of drug-likeness (QED) is 0.549. The number of nitrogens with two attached hydrogens (primary N) is 1. The summed E-state index contributed by atoms with van der Waals surface area (Å²) in [7, 11) is 0. The fourth-order valence-electron chi connectivity index (χ4n) is 1.97. The van der Waals surface area contributed by atoms with Crippen molar-refractivity contribution in [3.8, 4) is 0 Å². The molecule has 0 bridgehead atoms. The molecule has 4 nitrogen and oxygen atoms in total. The number of hydrogen-bond acceptors (Lipinski definition) is 3. The fourth-order valence-corrected chi connectivity index (χ4v) is 1.97. The molecular weight excluding hydrogens is 214 g/mol. The van der Waals surface area contributed by atoms with Crippen LogP contribution in [0.1, 0.15) is 35.7 Å². The van der Waals surface area contributed by atoms with Crippen molar-refractivity contribution in [3.63, 3.8) is 0 Å². The number of nitrogens with one attached hydrogen (secondary N) is 2. The minimum atomic E-state index is -0.0546. The van der Waals surface area contributed by atoms with Crippen molar-refractivity contribution < 1.29 is 4.79 Å². The van der Waals surface area contributed by atoms with Crippen molar-refractivity contribution in [1.29, 1.82) is 0 Å². The monoisotopic (exact) mass is 233 g/mol. The Morgan fingerprint density at radius 2 is 2.18 bits per heavy atom. The van der Waals surface area contributed by atoms with Gasteiger partial charge < -0.3 is 10.7 Å². The van der Waals surface area contributed by atoms with E-state index in [1.54, 1.807) is 0 Å². The van der Waals surface area contributed by atoms with E-state index in [1.807, 2.05) is 25.1 Å². The van der Waals surface area contributed by atoms with Crippen LogP contribution in [0.4, 0.5) is 5.69 Å². The van der Waals surface area contributed by atoms with Gasteiger partial charge in [-0.05, 0) is 44.7 Å². The summed E-state index contributed by atoms with van der Waals surface area (Å²) in [4.78, 5) is 12.1. The molecule has 92 valence electrons. The van der Waals surface area contributed by atoms with Crippen LogP contribution in [0.15, 0.2) is 18.2 Å². The summed E-state index contributed by atoms with van der Waals surface area (Å²) in [6.45, 7) is 4.02. The Morgan fingerprint density at radius 1 is 1.47 bits per heavy atom. The number of hydrazine groups is 1. The second-order valence-electron chi connectivity index (χ2n) is 4.79. The van der Waals surface area contributed by atoms with Gasteiger partial charge in [-0.3, -0.25) is 10.6 Å². The topological polar surface area (TPSA) is 67.1 Å². The predicted molar refractivity (Wildman–Crippen MR) is 68.6 cm³/mol. The third-order valence-corrected chi connectivity index (χ3v) is 3.26. The number of benzene rings is 1. The Kier molecular flexibility index (Phi) is 3.33. The van der Waals surface area contributed by atoms with Crippen molar-refractivity contribution in [1.82, 2.24) is 5.32 Å². The molecule has 0 spiro atoms. The molecular formula is C13H19N3O. The molecule has 1 aliphatic rings. The first-order valence-corrected chi connectivity index (χ1v) is 6.00. The van der Waals surface area contributed by atoms with Crippen LogP contribution in [0.3, 0.4) is 0 Å². The molecule has 1 saturated carbocycles. The van der Waals surface area contributed by atoms with Gasteiger partial charge in [-0.1, -0.05) is 11.6 Å². The van der Waals surface area contributed by atoms with E-state index in [4.69, 9.17) is 5.84 Å². The Labute approximate surface area is 102 Å². The van der Waals surface area contributed by atoms with Gasteiger partial charge in [0.2, 0.25) is 0 Å². The third-order valence-electron chi connectivity index (χ3n) is 3.26. The molecule has 4 N–H and O–H groups in total. The lowest BCUT2D eigenvalue weighted by Crippen LogP contribution is -2.34. The van der Waals surface area contributed by atoms with Gasteiger partial charge in [-0.15, -0.1) is 0 Å². The van der Waals surface area contributed by atoms with Gasteiger partial charge in [0.25, 0.3) is 5.91 Å². The van der Waals surface area contributed by atoms with Gasteiger partial charge in [-0.25, -0.2) is 0 Å². The maximum atomic E-state index is 12.1. The highest BCUT2D eigenvalue weighted by Gasteiger charge is 2.29. The van der Waals surface area contributed by atoms with Gasteiger partial charge in [0, 0.05) is 6.04 Å². The fraction of sp³-hybridized carbons (Fsp3) is 0.462. The Morgan fingerprint density at radius 3 is 2.76 bits per heavy atom. The molecule has 0 saturated heterocycles. The summed E-state index contributed by atoms with van der Waals surface area (Å²) in [6, 6.07) is 5.85. The van der Waals surface area contributed by atoms with Crippen molar-refractivity contribution in [2.24, 2.45) is 11.8 Å². The van der Waals surface area contributed by atoms with Gasteiger partial charge in [-0.2, -0.15) is 0 Å². The lowest BCUT2D eigenvalue weighted by atomic mass is 10.1. The molecule has 4 heteroatoms. The highest BCUT2D eigenvalue weighted by molar-refractivity contribution is 5.99. The summed E-state index contributed by atoms with van der Waals surface area (Å²) in [5.74, 6) is 6.01. The normalized spacial score (nSPS) is 16.4. The molecule has 1 aliphatic carbocycles. The lowest BCUT2D eigenvalue weighted by molar-refractivity contribution is 0.0936. The Bertz CT molecular complexity index is 427. The molecule has 2 rings (SSSR count). The smallest absolute Gasteiger partial charge is 0.253 e. The first kappa shape index (κ1) is 11.9. The number of nitrogen functional groups attached to an aromatic ring is 1. The van der Waals surface area contributed by atoms with Gasteiger partial charge in [0.1, 0.15) is 0 Å². The van der Waals surface area contributed by atoms with E-state index in [2.05, 4.69) is 17.7 Å². The second-order valence-corrected chi connectivity index (χ2v) is 4.79. The summed E-state index contributed by atoms with van der Waals surface area (Å²) in [5.41, 5.74) is 4.88.